The van der Waals surface area contributed by atoms with E-state index in [4.69, 9.17) is 21.1 Å². The van der Waals surface area contributed by atoms with E-state index in [0.717, 1.165) is 25.1 Å². The fourth-order valence-corrected chi connectivity index (χ4v) is 4.39. The number of benzene rings is 2. The third kappa shape index (κ3) is 6.37. The number of ketones is 1. The molecule has 1 aliphatic rings. The van der Waals surface area contributed by atoms with Crippen LogP contribution in [-0.4, -0.2) is 60.1 Å². The number of nitrogens with one attached hydrogen (secondary N) is 1. The van der Waals surface area contributed by atoms with Crippen molar-refractivity contribution in [3.63, 3.8) is 0 Å². The molecule has 0 unspecified atom stereocenters. The van der Waals surface area contributed by atoms with Gasteiger partial charge >= 0.3 is 0 Å². The van der Waals surface area contributed by atoms with E-state index in [1.165, 1.54) is 24.9 Å². The van der Waals surface area contributed by atoms with E-state index >= 15 is 0 Å². The summed E-state index contributed by atoms with van der Waals surface area (Å²) < 4.78 is 24.6. The summed E-state index contributed by atoms with van der Waals surface area (Å²) in [5, 5.41) is 3.88. The topological polar surface area (TPSA) is 76.6 Å². The zero-order valence-electron chi connectivity index (χ0n) is 20.5. The van der Waals surface area contributed by atoms with Gasteiger partial charge in [-0.1, -0.05) is 24.6 Å². The van der Waals surface area contributed by atoms with Gasteiger partial charge in [-0.3, -0.25) is 9.69 Å². The molecule has 7 nitrogen and oxygen atoms in total. The quantitative estimate of drug-likeness (QED) is 0.259. The molecular formula is C27H30ClFN4O3. The minimum Gasteiger partial charge on any atom is -0.491 e. The van der Waals surface area contributed by atoms with Gasteiger partial charge in [0.1, 0.15) is 30.3 Å². The van der Waals surface area contributed by atoms with Crippen molar-refractivity contribution in [2.24, 2.45) is 0 Å². The maximum Gasteiger partial charge on any atom is 0.159 e. The van der Waals surface area contributed by atoms with Crippen LogP contribution in [0.25, 0.3) is 10.9 Å². The number of likely N-dealkylation sites (tertiary alicyclic amines) is 1. The maximum absolute atomic E-state index is 13.6. The molecule has 1 saturated heterocycles. The number of ether oxygens (including phenoxy) is 2. The molecule has 0 radical (unpaired) electrons. The molecule has 4 rings (SSSR count). The Bertz CT molecular complexity index is 1250. The molecule has 1 fully saturated rings. The lowest BCUT2D eigenvalue weighted by Gasteiger charge is -2.39. The van der Waals surface area contributed by atoms with Crippen molar-refractivity contribution in [3.8, 4) is 5.75 Å². The summed E-state index contributed by atoms with van der Waals surface area (Å²) in [6.07, 6.45) is 7.54. The van der Waals surface area contributed by atoms with Crippen LogP contribution < -0.4 is 10.1 Å². The number of nitrogens with zero attached hydrogens (tertiary/aromatic N) is 3. The summed E-state index contributed by atoms with van der Waals surface area (Å²) in [5.41, 5.74) is 1.95. The monoisotopic (exact) mass is 512 g/mol. The molecule has 0 bridgehead atoms. The molecule has 0 aliphatic carbocycles. The van der Waals surface area contributed by atoms with Crippen LogP contribution in [0, 0.1) is 5.82 Å². The van der Waals surface area contributed by atoms with Gasteiger partial charge in [-0.05, 0) is 43.2 Å². The second kappa shape index (κ2) is 12.3. The van der Waals surface area contributed by atoms with Crippen molar-refractivity contribution in [1.29, 1.82) is 0 Å². The molecule has 36 heavy (non-hydrogen) atoms. The number of rotatable bonds is 12. The molecule has 2 aromatic carbocycles. The lowest BCUT2D eigenvalue weighted by Crippen LogP contribution is -2.47. The standard InChI is InChI=1S/C27H30ClFN4O3/c1-3-20-8-10-33(20)9-4-5-21(34)13-18-14-22-25(16-26(18)36-12-11-35-2)30-17-31-27(22)32-19-6-7-24(29)23(28)15-19/h4-7,14-17,20H,3,8-13H2,1-2H3,(H,30,31,32)/b5-4+/t20-/m1/s1. The summed E-state index contributed by atoms with van der Waals surface area (Å²) in [5.74, 6) is 0.570. The number of aromatic nitrogens is 2. The third-order valence-electron chi connectivity index (χ3n) is 6.29. The first-order chi connectivity index (χ1) is 17.5. The van der Waals surface area contributed by atoms with E-state index in [2.05, 4.69) is 27.1 Å². The summed E-state index contributed by atoms with van der Waals surface area (Å²) in [6, 6.07) is 8.63. The minimum absolute atomic E-state index is 0.00810. The van der Waals surface area contributed by atoms with E-state index in [0.29, 0.717) is 47.4 Å². The first-order valence-corrected chi connectivity index (χ1v) is 12.4. The number of allylic oxidation sites excluding steroid dienone is 1. The maximum atomic E-state index is 13.6. The number of halogens is 2. The Kier molecular flexibility index (Phi) is 8.85. The van der Waals surface area contributed by atoms with Crippen LogP contribution in [0.4, 0.5) is 15.9 Å². The second-order valence-electron chi connectivity index (χ2n) is 8.69. The lowest BCUT2D eigenvalue weighted by atomic mass is 10.0. The van der Waals surface area contributed by atoms with Crippen LogP contribution in [0.1, 0.15) is 25.3 Å². The van der Waals surface area contributed by atoms with Crippen molar-refractivity contribution >= 4 is 39.8 Å². The summed E-state index contributed by atoms with van der Waals surface area (Å²) in [7, 11) is 1.60. The Balaban J connectivity index is 1.58. The Morgan fingerprint density at radius 1 is 1.28 bits per heavy atom. The highest BCUT2D eigenvalue weighted by Gasteiger charge is 2.24. The fraction of sp³-hybridized carbons (Fsp3) is 0.370. The highest BCUT2D eigenvalue weighted by molar-refractivity contribution is 6.31. The van der Waals surface area contributed by atoms with E-state index in [1.807, 2.05) is 12.1 Å². The van der Waals surface area contributed by atoms with Gasteiger partial charge in [0.25, 0.3) is 0 Å². The first-order valence-electron chi connectivity index (χ1n) is 12.0. The number of carbonyl (C=O) groups excluding carboxylic acids is 1. The van der Waals surface area contributed by atoms with Gasteiger partial charge in [-0.15, -0.1) is 0 Å². The highest BCUT2D eigenvalue weighted by atomic mass is 35.5. The number of fused-ring (bicyclic) bond motifs is 1. The molecule has 1 N–H and O–H groups in total. The summed E-state index contributed by atoms with van der Waals surface area (Å²) in [6.45, 7) is 4.81. The van der Waals surface area contributed by atoms with Crippen LogP contribution in [-0.2, 0) is 16.0 Å². The highest BCUT2D eigenvalue weighted by Crippen LogP contribution is 2.31. The molecule has 0 spiro atoms. The molecule has 1 atom stereocenters. The minimum atomic E-state index is -0.499. The van der Waals surface area contributed by atoms with E-state index in [9.17, 15) is 9.18 Å². The molecule has 0 saturated carbocycles. The normalized spacial score (nSPS) is 15.8. The lowest BCUT2D eigenvalue weighted by molar-refractivity contribution is -0.114. The summed E-state index contributed by atoms with van der Waals surface area (Å²) in [4.78, 5) is 23.9. The van der Waals surface area contributed by atoms with Crippen LogP contribution in [0.3, 0.4) is 0 Å². The molecule has 3 aromatic rings. The predicted octanol–water partition coefficient (Wildman–Crippen LogP) is 5.34. The Labute approximate surface area is 215 Å². The molecule has 1 aromatic heterocycles. The Morgan fingerprint density at radius 3 is 2.86 bits per heavy atom. The van der Waals surface area contributed by atoms with Crippen molar-refractivity contribution in [2.75, 3.05) is 38.7 Å². The van der Waals surface area contributed by atoms with Gasteiger partial charge in [0.05, 0.1) is 17.1 Å². The number of anilines is 2. The average Bonchev–Trinajstić information content (AvgIpc) is 2.84. The molecule has 0 amide bonds. The number of methoxy groups -OCH3 is 1. The summed E-state index contributed by atoms with van der Waals surface area (Å²) >= 11 is 5.93. The largest absolute Gasteiger partial charge is 0.491 e. The van der Waals surface area contributed by atoms with Gasteiger partial charge in [0.15, 0.2) is 5.78 Å². The van der Waals surface area contributed by atoms with Gasteiger partial charge in [-0.25, -0.2) is 14.4 Å². The van der Waals surface area contributed by atoms with Crippen LogP contribution >= 0.6 is 11.6 Å². The first kappa shape index (κ1) is 26.0. The number of hydrogen-bond acceptors (Lipinski definition) is 7. The van der Waals surface area contributed by atoms with E-state index < -0.39 is 5.82 Å². The number of carbonyl (C=O) groups is 1. The third-order valence-corrected chi connectivity index (χ3v) is 6.58. The van der Waals surface area contributed by atoms with E-state index in [1.54, 1.807) is 25.3 Å². The zero-order valence-corrected chi connectivity index (χ0v) is 21.2. The molecule has 1 aliphatic heterocycles. The van der Waals surface area contributed by atoms with Crippen molar-refractivity contribution < 1.29 is 18.7 Å². The molecule has 2 heterocycles. The molecule has 190 valence electrons. The van der Waals surface area contributed by atoms with Crippen LogP contribution in [0.15, 0.2) is 48.8 Å². The number of hydrogen-bond donors (Lipinski definition) is 1. The van der Waals surface area contributed by atoms with E-state index in [-0.39, 0.29) is 17.2 Å². The Hall–Kier alpha value is -3.07. The van der Waals surface area contributed by atoms with Crippen molar-refractivity contribution in [1.82, 2.24) is 14.9 Å². The Morgan fingerprint density at radius 2 is 2.14 bits per heavy atom. The van der Waals surface area contributed by atoms with Gasteiger partial charge in [0.2, 0.25) is 0 Å². The smallest absolute Gasteiger partial charge is 0.159 e. The SMILES string of the molecule is CC[C@@H]1CCN1C/C=C/C(=O)Cc1cc2c(Nc3ccc(F)c(Cl)c3)ncnc2cc1OCCOC. The zero-order chi connectivity index (χ0) is 25.5. The van der Waals surface area contributed by atoms with Crippen molar-refractivity contribution in [3.05, 3.63) is 65.2 Å². The molecular weight excluding hydrogens is 483 g/mol. The van der Waals surface area contributed by atoms with Crippen molar-refractivity contribution in [2.45, 2.75) is 32.2 Å². The molecule has 9 heteroatoms. The van der Waals surface area contributed by atoms with Crippen LogP contribution in [0.2, 0.25) is 5.02 Å². The van der Waals surface area contributed by atoms with Gasteiger partial charge in [-0.2, -0.15) is 0 Å². The van der Waals surface area contributed by atoms with Gasteiger partial charge < -0.3 is 14.8 Å². The van der Waals surface area contributed by atoms with Crippen LogP contribution in [0.5, 0.6) is 5.75 Å². The fourth-order valence-electron chi connectivity index (χ4n) is 4.21. The average molecular weight is 513 g/mol. The predicted molar refractivity (Wildman–Crippen MR) is 140 cm³/mol. The van der Waals surface area contributed by atoms with Gasteiger partial charge in [0, 0.05) is 55.4 Å². The second-order valence-corrected chi connectivity index (χ2v) is 9.09.